The van der Waals surface area contributed by atoms with Gasteiger partial charge in [-0.3, -0.25) is 0 Å². The van der Waals surface area contributed by atoms with Gasteiger partial charge in [-0.25, -0.2) is 4.98 Å². The highest BCUT2D eigenvalue weighted by molar-refractivity contribution is 5.65. The third-order valence-corrected chi connectivity index (χ3v) is 6.91. The summed E-state index contributed by atoms with van der Waals surface area (Å²) in [6, 6.07) is 22.7. The standard InChI is InChI=1S/C29H33NO2/c1-3-19-29(31,25-17-11-6-12-18-25)27(23-15-9-5-10-16-23)26-20-24(21-30-28(26)32-2)22-13-7-4-8-14-22/h3-5,7-10,13-16,20-21,25,27,31H,1,6,11-12,17-19H2,2H3. The molecule has 1 aromatic heterocycles. The normalized spacial score (nSPS) is 17.3. The van der Waals surface area contributed by atoms with E-state index in [0.29, 0.717) is 12.3 Å². The van der Waals surface area contributed by atoms with Gasteiger partial charge in [-0.15, -0.1) is 6.58 Å². The molecule has 0 amide bonds. The fraction of sp³-hybridized carbons (Fsp3) is 0.345. The van der Waals surface area contributed by atoms with Crippen LogP contribution in [-0.2, 0) is 0 Å². The van der Waals surface area contributed by atoms with Gasteiger partial charge in [0, 0.05) is 23.2 Å². The Morgan fingerprint density at radius 3 is 2.31 bits per heavy atom. The molecule has 1 fully saturated rings. The number of hydrogen-bond donors (Lipinski definition) is 1. The van der Waals surface area contributed by atoms with Crippen molar-refractivity contribution in [1.29, 1.82) is 0 Å². The molecule has 3 heteroatoms. The first-order valence-corrected chi connectivity index (χ1v) is 11.6. The topological polar surface area (TPSA) is 42.4 Å². The van der Waals surface area contributed by atoms with E-state index in [1.807, 2.05) is 48.7 Å². The van der Waals surface area contributed by atoms with Crippen molar-refractivity contribution in [3.05, 3.63) is 96.7 Å². The summed E-state index contributed by atoms with van der Waals surface area (Å²) in [6.07, 6.45) is 9.86. The second-order valence-corrected chi connectivity index (χ2v) is 8.85. The van der Waals surface area contributed by atoms with E-state index in [4.69, 9.17) is 4.74 Å². The molecule has 166 valence electrons. The summed E-state index contributed by atoms with van der Waals surface area (Å²) in [6.45, 7) is 4.01. The van der Waals surface area contributed by atoms with Crippen LogP contribution < -0.4 is 4.74 Å². The quantitative estimate of drug-likeness (QED) is 0.403. The molecule has 2 aromatic carbocycles. The van der Waals surface area contributed by atoms with E-state index in [-0.39, 0.29) is 11.8 Å². The number of benzene rings is 2. The highest BCUT2D eigenvalue weighted by Crippen LogP contribution is 2.49. The van der Waals surface area contributed by atoms with Crippen LogP contribution in [0.25, 0.3) is 11.1 Å². The van der Waals surface area contributed by atoms with E-state index in [1.165, 1.54) is 6.42 Å². The van der Waals surface area contributed by atoms with Gasteiger partial charge < -0.3 is 9.84 Å². The van der Waals surface area contributed by atoms with Crippen LogP contribution in [0, 0.1) is 5.92 Å². The molecule has 32 heavy (non-hydrogen) atoms. The monoisotopic (exact) mass is 427 g/mol. The van der Waals surface area contributed by atoms with Gasteiger partial charge in [-0.1, -0.05) is 86.0 Å². The maximum Gasteiger partial charge on any atom is 0.216 e. The fourth-order valence-electron chi connectivity index (χ4n) is 5.37. The lowest BCUT2D eigenvalue weighted by molar-refractivity contribution is -0.0448. The Balaban J connectivity index is 1.91. The predicted molar refractivity (Wildman–Crippen MR) is 131 cm³/mol. The minimum atomic E-state index is -0.964. The number of ether oxygens (including phenoxy) is 1. The van der Waals surface area contributed by atoms with E-state index in [0.717, 1.165) is 47.9 Å². The Morgan fingerprint density at radius 1 is 1.03 bits per heavy atom. The second-order valence-electron chi connectivity index (χ2n) is 8.85. The molecule has 1 N–H and O–H groups in total. The van der Waals surface area contributed by atoms with Crippen LogP contribution in [0.2, 0.25) is 0 Å². The Morgan fingerprint density at radius 2 is 1.69 bits per heavy atom. The van der Waals surface area contributed by atoms with Crippen LogP contribution in [0.1, 0.15) is 55.6 Å². The van der Waals surface area contributed by atoms with Crippen molar-refractivity contribution in [2.24, 2.45) is 5.92 Å². The molecule has 1 aliphatic rings. The van der Waals surface area contributed by atoms with Gasteiger partial charge in [0.25, 0.3) is 0 Å². The van der Waals surface area contributed by atoms with E-state index < -0.39 is 5.60 Å². The number of rotatable bonds is 8. The first kappa shape index (κ1) is 22.3. The molecular weight excluding hydrogens is 394 g/mol. The van der Waals surface area contributed by atoms with Crippen molar-refractivity contribution in [2.75, 3.05) is 7.11 Å². The third kappa shape index (κ3) is 4.49. The molecule has 3 aromatic rings. The highest BCUT2D eigenvalue weighted by atomic mass is 16.5. The molecular formula is C29H33NO2. The number of methoxy groups -OCH3 is 1. The van der Waals surface area contributed by atoms with E-state index in [9.17, 15) is 5.11 Å². The van der Waals surface area contributed by atoms with E-state index >= 15 is 0 Å². The Bertz CT molecular complexity index is 1010. The molecule has 1 saturated carbocycles. The number of nitrogens with zero attached hydrogens (tertiary/aromatic N) is 1. The van der Waals surface area contributed by atoms with Crippen LogP contribution in [0.5, 0.6) is 5.88 Å². The largest absolute Gasteiger partial charge is 0.481 e. The average Bonchev–Trinajstić information content (AvgIpc) is 2.86. The number of pyridine rings is 1. The smallest absolute Gasteiger partial charge is 0.216 e. The lowest BCUT2D eigenvalue weighted by Gasteiger charge is -2.44. The first-order chi connectivity index (χ1) is 15.7. The summed E-state index contributed by atoms with van der Waals surface area (Å²) < 4.78 is 5.75. The maximum absolute atomic E-state index is 12.4. The molecule has 0 saturated heterocycles. The average molecular weight is 428 g/mol. The minimum absolute atomic E-state index is 0.199. The van der Waals surface area contributed by atoms with Crippen LogP contribution in [-0.4, -0.2) is 22.8 Å². The van der Waals surface area contributed by atoms with Gasteiger partial charge in [0.15, 0.2) is 0 Å². The lowest BCUT2D eigenvalue weighted by Crippen LogP contribution is -2.45. The molecule has 0 bridgehead atoms. The zero-order chi connectivity index (χ0) is 22.4. The summed E-state index contributed by atoms with van der Waals surface area (Å²) in [7, 11) is 1.66. The zero-order valence-corrected chi connectivity index (χ0v) is 18.9. The van der Waals surface area contributed by atoms with Crippen molar-refractivity contribution < 1.29 is 9.84 Å². The van der Waals surface area contributed by atoms with Crippen molar-refractivity contribution in [3.8, 4) is 17.0 Å². The van der Waals surface area contributed by atoms with Crippen LogP contribution in [0.4, 0.5) is 0 Å². The van der Waals surface area contributed by atoms with Crippen molar-refractivity contribution in [3.63, 3.8) is 0 Å². The first-order valence-electron chi connectivity index (χ1n) is 11.6. The van der Waals surface area contributed by atoms with Crippen LogP contribution in [0.15, 0.2) is 85.6 Å². The van der Waals surface area contributed by atoms with Gasteiger partial charge >= 0.3 is 0 Å². The van der Waals surface area contributed by atoms with Gasteiger partial charge in [-0.2, -0.15) is 0 Å². The molecule has 4 rings (SSSR count). The molecule has 0 aliphatic heterocycles. The SMILES string of the molecule is C=CCC(O)(C1CCCCC1)C(c1ccccc1)c1cc(-c2ccccc2)cnc1OC. The predicted octanol–water partition coefficient (Wildman–Crippen LogP) is 6.78. The van der Waals surface area contributed by atoms with Gasteiger partial charge in [0.05, 0.1) is 12.7 Å². The van der Waals surface area contributed by atoms with Crippen LogP contribution >= 0.6 is 0 Å². The highest BCUT2D eigenvalue weighted by Gasteiger charge is 2.45. The lowest BCUT2D eigenvalue weighted by atomic mass is 9.65. The van der Waals surface area contributed by atoms with Gasteiger partial charge in [-0.05, 0) is 42.4 Å². The Labute approximate surface area is 191 Å². The van der Waals surface area contributed by atoms with Crippen molar-refractivity contribution >= 4 is 0 Å². The Kier molecular flexibility index (Phi) is 7.06. The van der Waals surface area contributed by atoms with Crippen molar-refractivity contribution in [2.45, 2.75) is 50.0 Å². The molecule has 0 spiro atoms. The summed E-state index contributed by atoms with van der Waals surface area (Å²) in [5, 5.41) is 12.4. The number of hydrogen-bond acceptors (Lipinski definition) is 3. The van der Waals surface area contributed by atoms with Crippen molar-refractivity contribution in [1.82, 2.24) is 4.98 Å². The summed E-state index contributed by atoms with van der Waals surface area (Å²) >= 11 is 0. The summed E-state index contributed by atoms with van der Waals surface area (Å²) in [4.78, 5) is 4.68. The fourth-order valence-corrected chi connectivity index (χ4v) is 5.37. The third-order valence-electron chi connectivity index (χ3n) is 6.91. The number of aliphatic hydroxyl groups is 1. The van der Waals surface area contributed by atoms with E-state index in [1.54, 1.807) is 7.11 Å². The van der Waals surface area contributed by atoms with E-state index in [2.05, 4.69) is 41.9 Å². The second kappa shape index (κ2) is 10.1. The van der Waals surface area contributed by atoms with Gasteiger partial charge in [0.2, 0.25) is 5.88 Å². The summed E-state index contributed by atoms with van der Waals surface area (Å²) in [5.74, 6) is 0.497. The molecule has 1 heterocycles. The molecule has 1 aliphatic carbocycles. The zero-order valence-electron chi connectivity index (χ0n) is 18.9. The van der Waals surface area contributed by atoms with Crippen LogP contribution in [0.3, 0.4) is 0 Å². The molecule has 2 unspecified atom stereocenters. The summed E-state index contributed by atoms with van der Waals surface area (Å²) in [5.41, 5.74) is 3.16. The maximum atomic E-state index is 12.4. The minimum Gasteiger partial charge on any atom is -0.481 e. The number of aromatic nitrogens is 1. The van der Waals surface area contributed by atoms with Gasteiger partial charge in [0.1, 0.15) is 0 Å². The Hall–Kier alpha value is -2.91. The molecule has 2 atom stereocenters. The molecule has 0 radical (unpaired) electrons. The molecule has 3 nitrogen and oxygen atoms in total.